The molecule has 5 nitrogen and oxygen atoms in total. The third kappa shape index (κ3) is 3.89. The van der Waals surface area contributed by atoms with Crippen LogP contribution in [-0.2, 0) is 9.59 Å². The van der Waals surface area contributed by atoms with Gasteiger partial charge in [0, 0.05) is 23.5 Å². The maximum absolute atomic E-state index is 11.9. The monoisotopic (exact) mass is 375 g/mol. The number of carbonyl (C=O) groups is 2. The lowest BCUT2D eigenvalue weighted by Crippen LogP contribution is -2.54. The van der Waals surface area contributed by atoms with Crippen LogP contribution in [0.25, 0.3) is 0 Å². The molecule has 7 heteroatoms. The van der Waals surface area contributed by atoms with Crippen molar-refractivity contribution in [3.05, 3.63) is 27.7 Å². The molecule has 2 rings (SSSR count). The van der Waals surface area contributed by atoms with Crippen LogP contribution in [0.1, 0.15) is 6.92 Å². The standard InChI is InChI=1S/C14H15BrClNO4/c1-8(14(19)20)9-5-17(6-9)13(18)7-21-12-3-2-10(15)4-11(12)16/h2-4,8-9H,5-7H2,1H3,(H,19,20). The van der Waals surface area contributed by atoms with E-state index >= 15 is 0 Å². The number of carbonyl (C=O) groups excluding carboxylic acids is 1. The first kappa shape index (κ1) is 16.1. The van der Waals surface area contributed by atoms with Gasteiger partial charge in [-0.1, -0.05) is 34.5 Å². The van der Waals surface area contributed by atoms with Gasteiger partial charge in [0.1, 0.15) is 5.75 Å². The lowest BCUT2D eigenvalue weighted by molar-refractivity contribution is -0.151. The van der Waals surface area contributed by atoms with Crippen LogP contribution < -0.4 is 4.74 Å². The summed E-state index contributed by atoms with van der Waals surface area (Å²) in [4.78, 5) is 24.3. The zero-order valence-corrected chi connectivity index (χ0v) is 13.7. The number of amides is 1. The number of nitrogens with zero attached hydrogens (tertiary/aromatic N) is 1. The molecule has 114 valence electrons. The van der Waals surface area contributed by atoms with Crippen LogP contribution in [0.4, 0.5) is 0 Å². The van der Waals surface area contributed by atoms with Gasteiger partial charge in [-0.3, -0.25) is 9.59 Å². The molecule has 0 saturated carbocycles. The molecule has 1 N–H and O–H groups in total. The molecule has 1 amide bonds. The molecule has 1 heterocycles. The Hall–Kier alpha value is -1.27. The first-order valence-corrected chi connectivity index (χ1v) is 7.64. The van der Waals surface area contributed by atoms with Crippen LogP contribution >= 0.6 is 27.5 Å². The Morgan fingerprint density at radius 2 is 2.19 bits per heavy atom. The van der Waals surface area contributed by atoms with Crippen LogP contribution in [0.5, 0.6) is 5.75 Å². The Labute approximate surface area is 136 Å². The number of hydrogen-bond donors (Lipinski definition) is 1. The number of carboxylic acid groups (broad SMARTS) is 1. The number of halogens is 2. The van der Waals surface area contributed by atoms with E-state index in [4.69, 9.17) is 21.4 Å². The average molecular weight is 377 g/mol. The number of rotatable bonds is 5. The Balaban J connectivity index is 1.80. The number of hydrogen-bond acceptors (Lipinski definition) is 3. The molecular weight excluding hydrogens is 362 g/mol. The molecule has 0 bridgehead atoms. The summed E-state index contributed by atoms with van der Waals surface area (Å²) in [6, 6.07) is 5.15. The highest BCUT2D eigenvalue weighted by Gasteiger charge is 2.37. The fourth-order valence-corrected chi connectivity index (χ4v) is 2.79. The second-order valence-electron chi connectivity index (χ2n) is 5.05. The number of likely N-dealkylation sites (tertiary alicyclic amines) is 1. The van der Waals surface area contributed by atoms with Crippen molar-refractivity contribution >= 4 is 39.4 Å². The minimum Gasteiger partial charge on any atom is -0.482 e. The van der Waals surface area contributed by atoms with Gasteiger partial charge in [0.25, 0.3) is 5.91 Å². The summed E-state index contributed by atoms with van der Waals surface area (Å²) < 4.78 is 6.23. The fourth-order valence-electron chi connectivity index (χ4n) is 2.06. The van der Waals surface area contributed by atoms with Gasteiger partial charge in [-0.15, -0.1) is 0 Å². The van der Waals surface area contributed by atoms with Crippen molar-refractivity contribution in [1.29, 1.82) is 0 Å². The van der Waals surface area contributed by atoms with Crippen molar-refractivity contribution in [2.75, 3.05) is 19.7 Å². The normalized spacial score (nSPS) is 16.2. The Morgan fingerprint density at radius 3 is 2.76 bits per heavy atom. The summed E-state index contributed by atoms with van der Waals surface area (Å²) in [6.07, 6.45) is 0. The topological polar surface area (TPSA) is 66.8 Å². The maximum Gasteiger partial charge on any atom is 0.306 e. The Bertz CT molecular complexity index is 560. The largest absolute Gasteiger partial charge is 0.482 e. The van der Waals surface area contributed by atoms with Crippen LogP contribution in [0.2, 0.25) is 5.02 Å². The van der Waals surface area contributed by atoms with Crippen molar-refractivity contribution in [2.24, 2.45) is 11.8 Å². The molecule has 1 unspecified atom stereocenters. The van der Waals surface area contributed by atoms with E-state index in [0.29, 0.717) is 23.9 Å². The van der Waals surface area contributed by atoms with Gasteiger partial charge in [-0.2, -0.15) is 0 Å². The third-order valence-corrected chi connectivity index (χ3v) is 4.39. The first-order valence-electron chi connectivity index (χ1n) is 6.47. The number of carboxylic acids is 1. The molecule has 0 aromatic heterocycles. The summed E-state index contributed by atoms with van der Waals surface area (Å²) in [7, 11) is 0. The molecule has 0 radical (unpaired) electrons. The zero-order chi connectivity index (χ0) is 15.6. The van der Waals surface area contributed by atoms with Gasteiger partial charge in [0.15, 0.2) is 6.61 Å². The van der Waals surface area contributed by atoms with E-state index < -0.39 is 11.9 Å². The van der Waals surface area contributed by atoms with E-state index in [2.05, 4.69) is 15.9 Å². The van der Waals surface area contributed by atoms with Gasteiger partial charge >= 0.3 is 5.97 Å². The minimum atomic E-state index is -0.829. The van der Waals surface area contributed by atoms with Crippen molar-refractivity contribution in [3.8, 4) is 5.75 Å². The molecule has 0 aliphatic carbocycles. The third-order valence-electron chi connectivity index (χ3n) is 3.60. The van der Waals surface area contributed by atoms with Crippen LogP contribution in [-0.4, -0.2) is 41.6 Å². The number of aliphatic carboxylic acids is 1. The molecule has 1 atom stereocenters. The Kier molecular flexibility index (Phi) is 5.11. The van der Waals surface area contributed by atoms with Crippen LogP contribution in [0.15, 0.2) is 22.7 Å². The molecule has 1 aromatic rings. The van der Waals surface area contributed by atoms with Gasteiger partial charge in [-0.05, 0) is 18.2 Å². The van der Waals surface area contributed by atoms with E-state index in [9.17, 15) is 9.59 Å². The Morgan fingerprint density at radius 1 is 1.52 bits per heavy atom. The summed E-state index contributed by atoms with van der Waals surface area (Å²) >= 11 is 9.28. The van der Waals surface area contributed by atoms with E-state index in [-0.39, 0.29) is 18.4 Å². The molecule has 1 aliphatic heterocycles. The van der Waals surface area contributed by atoms with Crippen molar-refractivity contribution in [3.63, 3.8) is 0 Å². The molecular formula is C14H15BrClNO4. The molecule has 1 saturated heterocycles. The summed E-state index contributed by atoms with van der Waals surface area (Å²) in [6.45, 7) is 2.48. The highest BCUT2D eigenvalue weighted by atomic mass is 79.9. The lowest BCUT2D eigenvalue weighted by Gasteiger charge is -2.41. The second-order valence-corrected chi connectivity index (χ2v) is 6.37. The summed E-state index contributed by atoms with van der Waals surface area (Å²) in [5.74, 6) is -0.962. The van der Waals surface area contributed by atoms with Crippen molar-refractivity contribution in [2.45, 2.75) is 6.92 Å². The smallest absolute Gasteiger partial charge is 0.306 e. The van der Waals surface area contributed by atoms with Gasteiger partial charge in [-0.25, -0.2) is 0 Å². The predicted molar refractivity (Wildman–Crippen MR) is 81.5 cm³/mol. The molecule has 0 spiro atoms. The first-order chi connectivity index (χ1) is 9.88. The zero-order valence-electron chi connectivity index (χ0n) is 11.4. The maximum atomic E-state index is 11.9. The van der Waals surface area contributed by atoms with E-state index in [1.54, 1.807) is 30.0 Å². The lowest BCUT2D eigenvalue weighted by atomic mass is 9.87. The summed E-state index contributed by atoms with van der Waals surface area (Å²) in [5, 5.41) is 9.33. The van der Waals surface area contributed by atoms with Crippen LogP contribution in [0, 0.1) is 11.8 Å². The quantitative estimate of drug-likeness (QED) is 0.858. The van der Waals surface area contributed by atoms with Gasteiger partial charge in [0.05, 0.1) is 10.9 Å². The number of benzene rings is 1. The molecule has 1 aromatic carbocycles. The SMILES string of the molecule is CC(C(=O)O)C1CN(C(=O)COc2ccc(Br)cc2Cl)C1. The van der Waals surface area contributed by atoms with E-state index in [1.807, 2.05) is 0 Å². The molecule has 1 fully saturated rings. The van der Waals surface area contributed by atoms with E-state index in [1.165, 1.54) is 0 Å². The fraction of sp³-hybridized carbons (Fsp3) is 0.429. The predicted octanol–water partition coefficient (Wildman–Crippen LogP) is 2.66. The van der Waals surface area contributed by atoms with Gasteiger partial charge < -0.3 is 14.7 Å². The van der Waals surface area contributed by atoms with Gasteiger partial charge in [0.2, 0.25) is 0 Å². The molecule has 21 heavy (non-hydrogen) atoms. The van der Waals surface area contributed by atoms with Crippen molar-refractivity contribution in [1.82, 2.24) is 4.90 Å². The van der Waals surface area contributed by atoms with Crippen molar-refractivity contribution < 1.29 is 19.4 Å². The summed E-state index contributed by atoms with van der Waals surface area (Å²) in [5.41, 5.74) is 0. The van der Waals surface area contributed by atoms with Crippen LogP contribution in [0.3, 0.4) is 0 Å². The molecule has 1 aliphatic rings. The highest BCUT2D eigenvalue weighted by molar-refractivity contribution is 9.10. The highest BCUT2D eigenvalue weighted by Crippen LogP contribution is 2.28. The number of ether oxygens (including phenoxy) is 1. The average Bonchev–Trinajstić information content (AvgIpc) is 2.35. The minimum absolute atomic E-state index is 0.0164. The van der Waals surface area contributed by atoms with E-state index in [0.717, 1.165) is 4.47 Å². The second kappa shape index (κ2) is 6.66.